The van der Waals surface area contributed by atoms with Crippen molar-refractivity contribution in [2.24, 2.45) is 0 Å². The predicted octanol–water partition coefficient (Wildman–Crippen LogP) is 13.5. The van der Waals surface area contributed by atoms with Gasteiger partial charge in [0.25, 0.3) is 10.1 Å². The molecule has 100 heavy (non-hydrogen) atoms. The molecular weight excluding hydrogens is 1290 g/mol. The van der Waals surface area contributed by atoms with E-state index in [-0.39, 0.29) is 72.7 Å². The van der Waals surface area contributed by atoms with Crippen LogP contribution in [-0.2, 0) is 140 Å². The Balaban J connectivity index is 0.980. The zero-order chi connectivity index (χ0) is 68.6. The van der Waals surface area contributed by atoms with Crippen LogP contribution in [0.1, 0.15) is 57.0 Å². The van der Waals surface area contributed by atoms with Gasteiger partial charge in [0, 0.05) is 0 Å². The van der Waals surface area contributed by atoms with Crippen molar-refractivity contribution in [2.45, 2.75) is 159 Å². The summed E-state index contributed by atoms with van der Waals surface area (Å²) in [5.41, 5.74) is 8.00. The Labute approximate surface area is 587 Å². The zero-order valence-electron chi connectivity index (χ0n) is 56.3. The fraction of sp³-hybridized carbons (Fsp3) is 0.341. The summed E-state index contributed by atoms with van der Waals surface area (Å²) in [5.74, 6) is 0. The first-order chi connectivity index (χ1) is 49.1. The van der Waals surface area contributed by atoms with Gasteiger partial charge in [0.1, 0.15) is 67.1 Å². The second-order valence-electron chi connectivity index (χ2n) is 25.1. The van der Waals surface area contributed by atoms with Gasteiger partial charge in [0.05, 0.1) is 85.0 Å². The molecule has 0 amide bonds. The minimum absolute atomic E-state index is 0.00598. The number of ether oxygens (including phenoxy) is 14. The lowest BCUT2D eigenvalue weighted by atomic mass is 9.95. The highest BCUT2D eigenvalue weighted by molar-refractivity contribution is 7.86. The standard InChI is InChI=1S/C82H88O17S/c1-59-71(99-100(2,83)84)74(87-50-62-34-16-5-17-35-62)78(91-54-66-42-24-9-25-43-66)81(94-59)97-73-70(58-86-49-61-32-14-4-15-33-61)96-82(79(92-55-67-44-26-10-27-45-67)76(73)89-52-64-38-20-7-21-39-64)98-72-69(57-85-48-60-30-12-3-13-31-60)95-80(93-56-68-46-28-11-29-47-68)77(90-53-65-40-22-8-23-41-65)75(72)88-51-63-36-18-6-19-37-63/h3-47,59,69-82H,48-58H2,1-2H3/t59-,69-,70-,71+,72-,73-,74+,75+,76+,77-,78-,79-,80-,81-,82-/m1/s1. The van der Waals surface area contributed by atoms with Crippen molar-refractivity contribution in [3.05, 3.63) is 323 Å². The summed E-state index contributed by atoms with van der Waals surface area (Å²) in [4.78, 5) is 0. The van der Waals surface area contributed by atoms with Crippen LogP contribution in [0.5, 0.6) is 0 Å². The fourth-order valence-corrected chi connectivity index (χ4v) is 13.2. The van der Waals surface area contributed by atoms with Crippen LogP contribution in [0.3, 0.4) is 0 Å². The van der Waals surface area contributed by atoms with Gasteiger partial charge in [-0.3, -0.25) is 4.18 Å². The minimum atomic E-state index is -4.11. The lowest BCUT2D eigenvalue weighted by Crippen LogP contribution is -2.68. The van der Waals surface area contributed by atoms with Gasteiger partial charge in [-0.15, -0.1) is 0 Å². The molecule has 3 fully saturated rings. The van der Waals surface area contributed by atoms with E-state index in [4.69, 9.17) is 70.5 Å². The van der Waals surface area contributed by atoms with Crippen LogP contribution in [0, 0.1) is 0 Å². The Bertz CT molecular complexity index is 3860. The lowest BCUT2D eigenvalue weighted by Gasteiger charge is -2.51. The summed E-state index contributed by atoms with van der Waals surface area (Å²) in [6.07, 6.45) is -15.4. The van der Waals surface area contributed by atoms with Gasteiger partial charge in [0.15, 0.2) is 18.9 Å². The molecule has 9 aromatic carbocycles. The maximum Gasteiger partial charge on any atom is 0.264 e. The Morgan fingerprint density at radius 2 is 0.500 bits per heavy atom. The third-order valence-corrected chi connectivity index (χ3v) is 18.1. The van der Waals surface area contributed by atoms with Gasteiger partial charge in [0.2, 0.25) is 0 Å². The van der Waals surface area contributed by atoms with E-state index in [9.17, 15) is 8.42 Å². The molecule has 17 nitrogen and oxygen atoms in total. The van der Waals surface area contributed by atoms with Crippen molar-refractivity contribution in [3.8, 4) is 0 Å². The normalized spacial score (nSPS) is 25.5. The Kier molecular flexibility index (Phi) is 26.9. The van der Waals surface area contributed by atoms with Gasteiger partial charge in [-0.25, -0.2) is 0 Å². The highest BCUT2D eigenvalue weighted by Crippen LogP contribution is 2.40. The third-order valence-electron chi connectivity index (χ3n) is 17.5. The van der Waals surface area contributed by atoms with Crippen molar-refractivity contribution < 1.29 is 78.9 Å². The van der Waals surface area contributed by atoms with Gasteiger partial charge in [-0.05, 0) is 57.0 Å². The number of hydrogen-bond acceptors (Lipinski definition) is 17. The lowest BCUT2D eigenvalue weighted by molar-refractivity contribution is -0.393. The molecule has 3 saturated heterocycles. The van der Waals surface area contributed by atoms with E-state index in [0.717, 1.165) is 56.3 Å². The molecule has 12 rings (SSSR count). The van der Waals surface area contributed by atoms with Gasteiger partial charge in [-0.1, -0.05) is 273 Å². The summed E-state index contributed by atoms with van der Waals surface area (Å²) in [7, 11) is -4.11. The van der Waals surface area contributed by atoms with Crippen molar-refractivity contribution in [2.75, 3.05) is 19.5 Å². The summed E-state index contributed by atoms with van der Waals surface area (Å²) in [6, 6.07) is 88.4. The van der Waals surface area contributed by atoms with Crippen LogP contribution < -0.4 is 0 Å². The minimum Gasteiger partial charge on any atom is -0.374 e. The molecule has 0 spiro atoms. The van der Waals surface area contributed by atoms with Crippen LogP contribution in [-0.4, -0.2) is 120 Å². The molecule has 0 radical (unpaired) electrons. The molecule has 18 heteroatoms. The molecule has 0 unspecified atom stereocenters. The summed E-state index contributed by atoms with van der Waals surface area (Å²) in [5, 5.41) is 0. The zero-order valence-corrected chi connectivity index (χ0v) is 57.1. The van der Waals surface area contributed by atoms with Crippen LogP contribution in [0.2, 0.25) is 0 Å². The maximum absolute atomic E-state index is 13.3. The molecule has 3 heterocycles. The van der Waals surface area contributed by atoms with E-state index in [1.807, 2.05) is 273 Å². The first-order valence-electron chi connectivity index (χ1n) is 34.1. The molecular formula is C82H88O17S. The van der Waals surface area contributed by atoms with E-state index in [2.05, 4.69) is 0 Å². The van der Waals surface area contributed by atoms with Crippen molar-refractivity contribution in [1.29, 1.82) is 0 Å². The Morgan fingerprint density at radius 1 is 0.270 bits per heavy atom. The SMILES string of the molecule is C[C@H]1O[C@H](O[C@H]2[C@H](OCc3ccccc3)[C@@H](OCc3ccccc3)[C@@H](O[C@H]3[C@H](OCc4ccccc4)[C@@H](OCc4ccccc4)[C@H](OCc4ccccc4)O[C@@H]3COCc3ccccc3)O[C@@H]2COCc2ccccc2)[C@H](OCc2ccccc2)[C@@H](OCc2ccccc2)[C@H]1OS(C)(=O)=O. The monoisotopic (exact) mass is 1380 g/mol. The second kappa shape index (κ2) is 37.3. The number of hydrogen-bond donors (Lipinski definition) is 0. The van der Waals surface area contributed by atoms with E-state index in [1.54, 1.807) is 6.92 Å². The fourth-order valence-electron chi connectivity index (χ4n) is 12.5. The molecule has 0 aliphatic carbocycles. The molecule has 524 valence electrons. The molecule has 3 aliphatic rings. The molecule has 0 bridgehead atoms. The summed E-state index contributed by atoms with van der Waals surface area (Å²) >= 11 is 0. The van der Waals surface area contributed by atoms with Crippen LogP contribution in [0.25, 0.3) is 0 Å². The molecule has 0 saturated carbocycles. The predicted molar refractivity (Wildman–Crippen MR) is 375 cm³/mol. The number of rotatable bonds is 35. The highest BCUT2D eigenvalue weighted by Gasteiger charge is 2.57. The van der Waals surface area contributed by atoms with E-state index >= 15 is 0 Å². The quantitative estimate of drug-likeness (QED) is 0.0343. The van der Waals surface area contributed by atoms with Crippen LogP contribution in [0.4, 0.5) is 0 Å². The second-order valence-corrected chi connectivity index (χ2v) is 26.7. The highest BCUT2D eigenvalue weighted by atomic mass is 32.2. The van der Waals surface area contributed by atoms with Crippen LogP contribution in [0.15, 0.2) is 273 Å². The van der Waals surface area contributed by atoms with Crippen LogP contribution >= 0.6 is 0 Å². The molecule has 0 aromatic heterocycles. The topological polar surface area (TPSA) is 173 Å². The third kappa shape index (κ3) is 21.2. The average molecular weight is 1380 g/mol. The van der Waals surface area contributed by atoms with Crippen molar-refractivity contribution in [3.63, 3.8) is 0 Å². The summed E-state index contributed by atoms with van der Waals surface area (Å²) < 4.78 is 133. The smallest absolute Gasteiger partial charge is 0.264 e. The van der Waals surface area contributed by atoms with Gasteiger partial charge in [-0.2, -0.15) is 8.42 Å². The molecule has 15 atom stereocenters. The van der Waals surface area contributed by atoms with Crippen molar-refractivity contribution in [1.82, 2.24) is 0 Å². The van der Waals surface area contributed by atoms with E-state index in [0.29, 0.717) is 0 Å². The van der Waals surface area contributed by atoms with Crippen molar-refractivity contribution >= 4 is 10.1 Å². The Hall–Kier alpha value is -7.67. The largest absolute Gasteiger partial charge is 0.374 e. The van der Waals surface area contributed by atoms with Gasteiger partial charge >= 0.3 is 0 Å². The van der Waals surface area contributed by atoms with Gasteiger partial charge < -0.3 is 66.3 Å². The first kappa shape index (κ1) is 72.1. The maximum atomic E-state index is 13.3. The number of benzene rings is 9. The summed E-state index contributed by atoms with van der Waals surface area (Å²) in [6.45, 7) is 2.86. The van der Waals surface area contributed by atoms with E-state index in [1.165, 1.54) is 0 Å². The molecule has 3 aliphatic heterocycles. The Morgan fingerprint density at radius 3 is 0.790 bits per heavy atom. The first-order valence-corrected chi connectivity index (χ1v) is 35.9. The van der Waals surface area contributed by atoms with E-state index < -0.39 is 102 Å². The molecule has 0 N–H and O–H groups in total. The average Bonchev–Trinajstić information content (AvgIpc) is 0.765. The molecule has 9 aromatic rings.